The van der Waals surface area contributed by atoms with E-state index >= 15 is 0 Å². The van der Waals surface area contributed by atoms with Crippen molar-refractivity contribution in [2.24, 2.45) is 5.73 Å². The van der Waals surface area contributed by atoms with Crippen LogP contribution in [0.15, 0.2) is 0 Å². The van der Waals surface area contributed by atoms with Crippen LogP contribution in [0.1, 0.15) is 39.5 Å². The number of unbranched alkanes of at least 4 members (excludes halogenated alkanes) is 2. The van der Waals surface area contributed by atoms with Crippen LogP contribution in [-0.2, 0) is 17.1 Å². The predicted octanol–water partition coefficient (Wildman–Crippen LogP) is -1.15. The second kappa shape index (κ2) is 16.4. The van der Waals surface area contributed by atoms with Crippen molar-refractivity contribution < 1.29 is 34.1 Å². The van der Waals surface area contributed by atoms with Crippen molar-refractivity contribution >= 4 is 0 Å². The van der Waals surface area contributed by atoms with Crippen molar-refractivity contribution in [3.63, 3.8) is 0 Å². The van der Waals surface area contributed by atoms with Gasteiger partial charge in [-0.2, -0.15) is 0 Å². The van der Waals surface area contributed by atoms with Gasteiger partial charge in [-0.1, -0.05) is 26.7 Å². The zero-order valence-electron chi connectivity index (χ0n) is 9.36. The normalized spacial score (nSPS) is 9.43. The van der Waals surface area contributed by atoms with E-state index in [4.69, 9.17) is 5.73 Å². The van der Waals surface area contributed by atoms with Crippen molar-refractivity contribution in [1.82, 2.24) is 4.90 Å². The molecule has 0 aromatic rings. The van der Waals surface area contributed by atoms with Gasteiger partial charge in [0.05, 0.1) is 0 Å². The van der Waals surface area contributed by atoms with E-state index in [0.717, 1.165) is 13.1 Å². The monoisotopic (exact) mass is 314 g/mol. The Morgan fingerprint density at radius 2 is 1.36 bits per heavy atom. The van der Waals surface area contributed by atoms with Crippen LogP contribution < -0.4 is 22.7 Å². The van der Waals surface area contributed by atoms with Gasteiger partial charge in [-0.3, -0.25) is 0 Å². The van der Waals surface area contributed by atoms with E-state index in [-0.39, 0.29) is 34.1 Å². The fourth-order valence-corrected chi connectivity index (χ4v) is 1.28. The molecule has 2 nitrogen and oxygen atoms in total. The molecule has 0 saturated carbocycles. The van der Waals surface area contributed by atoms with Gasteiger partial charge in [0.1, 0.15) is 0 Å². The van der Waals surface area contributed by atoms with Crippen molar-refractivity contribution in [2.45, 2.75) is 39.5 Å². The molecule has 0 unspecified atom stereocenters. The summed E-state index contributed by atoms with van der Waals surface area (Å²) in [5.74, 6) is 0. The SMILES string of the molecule is CCCCN(CCN)CCCC.[Br-].[Cu+]. The minimum absolute atomic E-state index is 0. The molecular weight excluding hydrogens is 292 g/mol. The van der Waals surface area contributed by atoms with Crippen molar-refractivity contribution in [3.05, 3.63) is 0 Å². The Morgan fingerprint density at radius 1 is 0.929 bits per heavy atom. The molecule has 0 aromatic carbocycles. The summed E-state index contributed by atoms with van der Waals surface area (Å²) in [4.78, 5) is 2.48. The van der Waals surface area contributed by atoms with Gasteiger partial charge in [0.2, 0.25) is 0 Å². The van der Waals surface area contributed by atoms with Gasteiger partial charge in [-0.05, 0) is 25.9 Å². The zero-order valence-corrected chi connectivity index (χ0v) is 11.9. The second-order valence-electron chi connectivity index (χ2n) is 3.34. The fraction of sp³-hybridized carbons (Fsp3) is 1.00. The summed E-state index contributed by atoms with van der Waals surface area (Å²) in [7, 11) is 0. The molecule has 0 aliphatic carbocycles. The quantitative estimate of drug-likeness (QED) is 0.573. The number of nitrogens with zero attached hydrogens (tertiary/aromatic N) is 1. The van der Waals surface area contributed by atoms with Crippen LogP contribution in [0.2, 0.25) is 0 Å². The third kappa shape index (κ3) is 12.9. The Balaban J connectivity index is -0.000000605. The average Bonchev–Trinajstić information content (AvgIpc) is 2.10. The molecule has 0 rings (SSSR count). The van der Waals surface area contributed by atoms with Gasteiger partial charge in [-0.25, -0.2) is 0 Å². The first-order chi connectivity index (χ1) is 5.85. The zero-order chi connectivity index (χ0) is 9.23. The molecule has 0 aliphatic rings. The summed E-state index contributed by atoms with van der Waals surface area (Å²) in [5, 5.41) is 0. The molecule has 0 spiro atoms. The molecule has 2 N–H and O–H groups in total. The van der Waals surface area contributed by atoms with Gasteiger partial charge >= 0.3 is 17.1 Å². The van der Waals surface area contributed by atoms with Crippen LogP contribution in [0.3, 0.4) is 0 Å². The second-order valence-corrected chi connectivity index (χ2v) is 3.34. The van der Waals surface area contributed by atoms with Gasteiger partial charge in [0, 0.05) is 13.1 Å². The Labute approximate surface area is 110 Å². The minimum atomic E-state index is 0. The van der Waals surface area contributed by atoms with E-state index in [9.17, 15) is 0 Å². The molecule has 0 amide bonds. The van der Waals surface area contributed by atoms with E-state index in [1.807, 2.05) is 0 Å². The molecule has 14 heavy (non-hydrogen) atoms. The fourth-order valence-electron chi connectivity index (χ4n) is 1.28. The molecule has 0 fully saturated rings. The Hall–Kier alpha value is 0.919. The number of hydrogen-bond donors (Lipinski definition) is 1. The Bertz CT molecular complexity index is 86.2. The largest absolute Gasteiger partial charge is 1.00 e. The summed E-state index contributed by atoms with van der Waals surface area (Å²) in [6, 6.07) is 0. The molecule has 0 aliphatic heterocycles. The van der Waals surface area contributed by atoms with Crippen LogP contribution in [0.4, 0.5) is 0 Å². The molecule has 0 heterocycles. The Kier molecular flexibility index (Phi) is 23.8. The number of halogens is 1. The molecule has 0 saturated heterocycles. The summed E-state index contributed by atoms with van der Waals surface area (Å²) < 4.78 is 0. The summed E-state index contributed by atoms with van der Waals surface area (Å²) in [5.41, 5.74) is 5.53. The van der Waals surface area contributed by atoms with Gasteiger partial charge in [0.25, 0.3) is 0 Å². The van der Waals surface area contributed by atoms with Crippen molar-refractivity contribution in [2.75, 3.05) is 26.2 Å². The molecule has 4 heteroatoms. The van der Waals surface area contributed by atoms with Crippen molar-refractivity contribution in [1.29, 1.82) is 0 Å². The number of hydrogen-bond acceptors (Lipinski definition) is 2. The topological polar surface area (TPSA) is 29.3 Å². The molecule has 0 bridgehead atoms. The van der Waals surface area contributed by atoms with Crippen LogP contribution in [0, 0.1) is 0 Å². The summed E-state index contributed by atoms with van der Waals surface area (Å²) in [6.45, 7) is 8.80. The maximum absolute atomic E-state index is 5.53. The van der Waals surface area contributed by atoms with E-state index in [2.05, 4.69) is 18.7 Å². The third-order valence-electron chi connectivity index (χ3n) is 2.10. The van der Waals surface area contributed by atoms with Crippen LogP contribution in [0.25, 0.3) is 0 Å². The maximum atomic E-state index is 5.53. The Morgan fingerprint density at radius 3 is 1.64 bits per heavy atom. The summed E-state index contributed by atoms with van der Waals surface area (Å²) in [6.07, 6.45) is 5.19. The number of nitrogens with two attached hydrogens (primary N) is 1. The first-order valence-corrected chi connectivity index (χ1v) is 5.27. The molecular formula is C10H24BrCuN2. The van der Waals surface area contributed by atoms with Crippen LogP contribution >= 0.6 is 0 Å². The molecule has 0 aromatic heterocycles. The summed E-state index contributed by atoms with van der Waals surface area (Å²) >= 11 is 0. The van der Waals surface area contributed by atoms with Gasteiger partial charge in [-0.15, -0.1) is 0 Å². The molecule has 0 radical (unpaired) electrons. The standard InChI is InChI=1S/C10H24N2.BrH.Cu/c1-3-5-8-12(10-7-11)9-6-4-2;;/h3-11H2,1-2H3;1H;/q;;+1/p-1. The maximum Gasteiger partial charge on any atom is 1.00 e. The van der Waals surface area contributed by atoms with E-state index in [1.165, 1.54) is 38.8 Å². The van der Waals surface area contributed by atoms with Crippen LogP contribution in [0.5, 0.6) is 0 Å². The first kappa shape index (κ1) is 20.3. The smallest absolute Gasteiger partial charge is 1.00 e. The van der Waals surface area contributed by atoms with Gasteiger partial charge in [0.15, 0.2) is 0 Å². The van der Waals surface area contributed by atoms with Crippen LogP contribution in [-0.4, -0.2) is 31.1 Å². The van der Waals surface area contributed by atoms with Gasteiger partial charge < -0.3 is 27.6 Å². The minimum Gasteiger partial charge on any atom is -1.00 e. The molecule has 0 atom stereocenters. The third-order valence-corrected chi connectivity index (χ3v) is 2.10. The number of rotatable bonds is 8. The molecule has 92 valence electrons. The first-order valence-electron chi connectivity index (χ1n) is 5.27. The van der Waals surface area contributed by atoms with E-state index < -0.39 is 0 Å². The average molecular weight is 316 g/mol. The van der Waals surface area contributed by atoms with E-state index in [1.54, 1.807) is 0 Å². The van der Waals surface area contributed by atoms with E-state index in [0.29, 0.717) is 0 Å². The predicted molar refractivity (Wildman–Crippen MR) is 55.3 cm³/mol. The van der Waals surface area contributed by atoms with Crippen molar-refractivity contribution in [3.8, 4) is 0 Å².